The first-order valence-corrected chi connectivity index (χ1v) is 12.6. The maximum Gasteiger partial charge on any atom is 0.408 e. The van der Waals surface area contributed by atoms with Crippen LogP contribution in [0.1, 0.15) is 78.5 Å². The van der Waals surface area contributed by atoms with E-state index in [0.29, 0.717) is 5.56 Å². The first-order valence-electron chi connectivity index (χ1n) is 12.6. The number of nitrogens with two attached hydrogens (primary N) is 1. The molecular weight excluding hydrogens is 492 g/mol. The molecule has 4 amide bonds. The Hall–Kier alpha value is -3.63. The molecule has 4 N–H and O–H groups in total. The third kappa shape index (κ3) is 10.4. The SMILES string of the molecule is CCOC(=O)CCNC(=O)C(c1ccccc1C)N(C(=O)C(CC(N)=O)NC(=O)OC(C)(C)C)C(C)(C)C. The molecular formula is C27H42N4O7. The number of benzene rings is 1. The van der Waals surface area contributed by atoms with Crippen LogP contribution in [0, 0.1) is 6.92 Å². The van der Waals surface area contributed by atoms with Crippen LogP contribution in [-0.2, 0) is 28.7 Å². The molecule has 0 radical (unpaired) electrons. The van der Waals surface area contributed by atoms with Crippen LogP contribution in [0.25, 0.3) is 0 Å². The van der Waals surface area contributed by atoms with E-state index in [4.69, 9.17) is 15.2 Å². The van der Waals surface area contributed by atoms with E-state index in [1.54, 1.807) is 79.7 Å². The van der Waals surface area contributed by atoms with E-state index in [1.165, 1.54) is 4.90 Å². The molecule has 0 spiro atoms. The number of nitrogens with one attached hydrogen (secondary N) is 2. The van der Waals surface area contributed by atoms with E-state index in [9.17, 15) is 24.0 Å². The van der Waals surface area contributed by atoms with Gasteiger partial charge >= 0.3 is 12.1 Å². The summed E-state index contributed by atoms with van der Waals surface area (Å²) in [6, 6.07) is 4.53. The summed E-state index contributed by atoms with van der Waals surface area (Å²) in [7, 11) is 0. The summed E-state index contributed by atoms with van der Waals surface area (Å²) in [6.45, 7) is 13.9. The number of amides is 4. The molecule has 2 unspecified atom stereocenters. The number of primary amides is 1. The molecule has 0 heterocycles. The van der Waals surface area contributed by atoms with Crippen molar-refractivity contribution < 1.29 is 33.4 Å². The van der Waals surface area contributed by atoms with Crippen molar-refractivity contribution in [2.75, 3.05) is 13.2 Å². The molecule has 38 heavy (non-hydrogen) atoms. The van der Waals surface area contributed by atoms with Gasteiger partial charge in [0.1, 0.15) is 17.7 Å². The van der Waals surface area contributed by atoms with Crippen molar-refractivity contribution in [1.82, 2.24) is 15.5 Å². The summed E-state index contributed by atoms with van der Waals surface area (Å²) in [5.41, 5.74) is 4.89. The standard InChI is InChI=1S/C27H42N4O7/c1-9-37-21(33)14-15-29-23(34)22(18-13-11-10-12-17(18)2)31(26(3,4)5)24(35)19(16-20(28)32)30-25(36)38-27(6,7)8/h10-13,19,22H,9,14-16H2,1-8H3,(H2,28,32)(H,29,34)(H,30,36). The number of esters is 1. The Morgan fingerprint density at radius 1 is 1.03 bits per heavy atom. The van der Waals surface area contributed by atoms with Crippen LogP contribution in [-0.4, -0.2) is 65.0 Å². The number of aryl methyl sites for hydroxylation is 1. The zero-order chi connectivity index (χ0) is 29.3. The smallest absolute Gasteiger partial charge is 0.408 e. The Labute approximate surface area is 224 Å². The minimum absolute atomic E-state index is 0.00685. The van der Waals surface area contributed by atoms with Gasteiger partial charge in [-0.1, -0.05) is 24.3 Å². The number of hydrogen-bond acceptors (Lipinski definition) is 7. The first kappa shape index (κ1) is 32.4. The van der Waals surface area contributed by atoms with E-state index in [0.717, 1.165) is 5.56 Å². The highest BCUT2D eigenvalue weighted by molar-refractivity contribution is 5.95. The van der Waals surface area contributed by atoms with Gasteiger partial charge in [-0.15, -0.1) is 0 Å². The number of rotatable bonds is 11. The number of nitrogens with zero attached hydrogens (tertiary/aromatic N) is 1. The molecule has 0 bridgehead atoms. The van der Waals surface area contributed by atoms with Gasteiger partial charge in [0.2, 0.25) is 17.7 Å². The second-order valence-electron chi connectivity index (χ2n) is 10.9. The maximum absolute atomic E-state index is 14.0. The molecule has 11 heteroatoms. The van der Waals surface area contributed by atoms with Gasteiger partial charge in [0.25, 0.3) is 0 Å². The first-order chi connectivity index (χ1) is 17.5. The van der Waals surface area contributed by atoms with Crippen molar-refractivity contribution in [3.05, 3.63) is 35.4 Å². The summed E-state index contributed by atoms with van der Waals surface area (Å²) in [5, 5.41) is 5.16. The molecule has 2 atom stereocenters. The van der Waals surface area contributed by atoms with Crippen molar-refractivity contribution >= 4 is 29.8 Å². The molecule has 0 aromatic heterocycles. The fourth-order valence-electron chi connectivity index (χ4n) is 3.77. The number of ether oxygens (including phenoxy) is 2. The molecule has 1 rings (SSSR count). The third-order valence-electron chi connectivity index (χ3n) is 5.28. The summed E-state index contributed by atoms with van der Waals surface area (Å²) in [5.74, 6) is -2.52. The summed E-state index contributed by atoms with van der Waals surface area (Å²) < 4.78 is 10.2. The van der Waals surface area contributed by atoms with Gasteiger partial charge in [0, 0.05) is 12.1 Å². The summed E-state index contributed by atoms with van der Waals surface area (Å²) >= 11 is 0. The summed E-state index contributed by atoms with van der Waals surface area (Å²) in [6.07, 6.45) is -1.46. The number of hydrogen-bond donors (Lipinski definition) is 3. The van der Waals surface area contributed by atoms with Gasteiger partial charge in [-0.05, 0) is 66.5 Å². The van der Waals surface area contributed by atoms with E-state index in [-0.39, 0.29) is 19.6 Å². The van der Waals surface area contributed by atoms with Gasteiger partial charge in [-0.3, -0.25) is 19.2 Å². The highest BCUT2D eigenvalue weighted by atomic mass is 16.6. The lowest BCUT2D eigenvalue weighted by Crippen LogP contribution is -2.59. The minimum atomic E-state index is -1.39. The molecule has 0 aliphatic heterocycles. The van der Waals surface area contributed by atoms with Crippen LogP contribution in [0.15, 0.2) is 24.3 Å². The van der Waals surface area contributed by atoms with Gasteiger partial charge < -0.3 is 30.7 Å². The summed E-state index contributed by atoms with van der Waals surface area (Å²) in [4.78, 5) is 65.1. The predicted octanol–water partition coefficient (Wildman–Crippen LogP) is 2.50. The van der Waals surface area contributed by atoms with E-state index in [1.807, 2.05) is 0 Å². The van der Waals surface area contributed by atoms with Crippen LogP contribution in [0.3, 0.4) is 0 Å². The van der Waals surface area contributed by atoms with Gasteiger partial charge in [-0.2, -0.15) is 0 Å². The monoisotopic (exact) mass is 534 g/mol. The van der Waals surface area contributed by atoms with Gasteiger partial charge in [0.15, 0.2) is 0 Å². The van der Waals surface area contributed by atoms with Gasteiger partial charge in [-0.25, -0.2) is 4.79 Å². The third-order valence-corrected chi connectivity index (χ3v) is 5.28. The molecule has 0 aliphatic carbocycles. The molecule has 0 saturated carbocycles. The Kier molecular flexibility index (Phi) is 11.8. The van der Waals surface area contributed by atoms with Gasteiger partial charge in [0.05, 0.1) is 19.4 Å². The van der Waals surface area contributed by atoms with Crippen molar-refractivity contribution in [2.45, 2.75) is 91.5 Å². The van der Waals surface area contributed by atoms with Crippen molar-refractivity contribution in [1.29, 1.82) is 0 Å². The van der Waals surface area contributed by atoms with Crippen LogP contribution in [0.5, 0.6) is 0 Å². The number of carbonyl (C=O) groups is 5. The van der Waals surface area contributed by atoms with E-state index < -0.39 is 59.4 Å². The van der Waals surface area contributed by atoms with Crippen molar-refractivity contribution in [2.24, 2.45) is 5.73 Å². The lowest BCUT2D eigenvalue weighted by atomic mass is 9.92. The molecule has 1 aromatic carbocycles. The average Bonchev–Trinajstić information content (AvgIpc) is 2.74. The molecule has 11 nitrogen and oxygen atoms in total. The molecule has 1 aromatic rings. The highest BCUT2D eigenvalue weighted by Crippen LogP contribution is 2.32. The van der Waals surface area contributed by atoms with Crippen molar-refractivity contribution in [3.63, 3.8) is 0 Å². The van der Waals surface area contributed by atoms with Crippen LogP contribution < -0.4 is 16.4 Å². The molecule has 0 fully saturated rings. The number of carbonyl (C=O) groups excluding carboxylic acids is 5. The highest BCUT2D eigenvalue weighted by Gasteiger charge is 2.42. The molecule has 212 valence electrons. The fourth-order valence-corrected chi connectivity index (χ4v) is 3.77. The largest absolute Gasteiger partial charge is 0.466 e. The minimum Gasteiger partial charge on any atom is -0.466 e. The van der Waals surface area contributed by atoms with Crippen LogP contribution in [0.2, 0.25) is 0 Å². The second kappa shape index (κ2) is 13.8. The van der Waals surface area contributed by atoms with Crippen molar-refractivity contribution in [3.8, 4) is 0 Å². The Balaban J connectivity index is 3.50. The Bertz CT molecular complexity index is 1010. The Morgan fingerprint density at radius 2 is 1.63 bits per heavy atom. The Morgan fingerprint density at radius 3 is 2.13 bits per heavy atom. The lowest BCUT2D eigenvalue weighted by molar-refractivity contribution is -0.149. The second-order valence-corrected chi connectivity index (χ2v) is 10.9. The van der Waals surface area contributed by atoms with E-state index in [2.05, 4.69) is 10.6 Å². The quantitative estimate of drug-likeness (QED) is 0.368. The molecule has 0 aliphatic rings. The van der Waals surface area contributed by atoms with E-state index >= 15 is 0 Å². The number of alkyl carbamates (subject to hydrolysis) is 1. The topological polar surface area (TPSA) is 157 Å². The zero-order valence-electron chi connectivity index (χ0n) is 23.7. The average molecular weight is 535 g/mol. The maximum atomic E-state index is 14.0. The zero-order valence-corrected chi connectivity index (χ0v) is 23.7. The van der Waals surface area contributed by atoms with Crippen LogP contribution in [0.4, 0.5) is 4.79 Å². The normalized spacial score (nSPS) is 13.1. The lowest BCUT2D eigenvalue weighted by Gasteiger charge is -2.43. The van der Waals surface area contributed by atoms with Crippen LogP contribution >= 0.6 is 0 Å². The molecule has 0 saturated heterocycles. The fraction of sp³-hybridized carbons (Fsp3) is 0.593. The predicted molar refractivity (Wildman–Crippen MR) is 142 cm³/mol.